The van der Waals surface area contributed by atoms with Gasteiger partial charge in [0.1, 0.15) is 5.82 Å². The number of nitrogens with zero attached hydrogens (tertiary/aromatic N) is 1. The number of hydrogen-bond donors (Lipinski definition) is 1. The van der Waals surface area contributed by atoms with Crippen LogP contribution < -0.4 is 4.72 Å². The standard InChI is InChI=1S/C12H19FN2O3S/c1-15(9-10-18-2)8-7-14-19(16,17)12-5-3-11(13)4-6-12/h3-6,14H,7-10H2,1-2H3. The summed E-state index contributed by atoms with van der Waals surface area (Å²) in [6.07, 6.45) is 0. The van der Waals surface area contributed by atoms with E-state index in [1.54, 1.807) is 7.11 Å². The van der Waals surface area contributed by atoms with Crippen LogP contribution in [0, 0.1) is 5.82 Å². The Morgan fingerprint density at radius 3 is 2.47 bits per heavy atom. The van der Waals surface area contributed by atoms with Crippen molar-refractivity contribution in [2.24, 2.45) is 0 Å². The van der Waals surface area contributed by atoms with Crippen molar-refractivity contribution in [1.82, 2.24) is 9.62 Å². The quantitative estimate of drug-likeness (QED) is 0.765. The topological polar surface area (TPSA) is 58.6 Å². The van der Waals surface area contributed by atoms with Gasteiger partial charge in [-0.15, -0.1) is 0 Å². The molecule has 0 spiro atoms. The second-order valence-corrected chi connectivity index (χ2v) is 5.91. The van der Waals surface area contributed by atoms with Crippen LogP contribution in [0.3, 0.4) is 0 Å². The number of halogens is 1. The van der Waals surface area contributed by atoms with Gasteiger partial charge in [-0.05, 0) is 31.3 Å². The highest BCUT2D eigenvalue weighted by atomic mass is 32.2. The number of nitrogens with one attached hydrogen (secondary N) is 1. The molecule has 0 bridgehead atoms. The van der Waals surface area contributed by atoms with Crippen LogP contribution in [0.5, 0.6) is 0 Å². The van der Waals surface area contributed by atoms with Gasteiger partial charge in [-0.2, -0.15) is 0 Å². The molecule has 108 valence electrons. The van der Waals surface area contributed by atoms with E-state index in [9.17, 15) is 12.8 Å². The third-order valence-electron chi connectivity index (χ3n) is 2.59. The van der Waals surface area contributed by atoms with Crippen molar-refractivity contribution in [2.75, 3.05) is 40.4 Å². The van der Waals surface area contributed by atoms with Gasteiger partial charge in [-0.3, -0.25) is 0 Å². The zero-order chi connectivity index (χ0) is 14.3. The number of sulfonamides is 1. The summed E-state index contributed by atoms with van der Waals surface area (Å²) in [7, 11) is -0.0715. The van der Waals surface area contributed by atoms with Gasteiger partial charge in [-0.25, -0.2) is 17.5 Å². The smallest absolute Gasteiger partial charge is 0.240 e. The van der Waals surface area contributed by atoms with Crippen molar-refractivity contribution in [2.45, 2.75) is 4.90 Å². The Morgan fingerprint density at radius 2 is 1.89 bits per heavy atom. The van der Waals surface area contributed by atoms with Crippen LogP contribution in [-0.4, -0.2) is 53.7 Å². The summed E-state index contributed by atoms with van der Waals surface area (Å²) in [5.41, 5.74) is 0. The predicted octanol–water partition coefficient (Wildman–Crippen LogP) is 0.682. The minimum Gasteiger partial charge on any atom is -0.383 e. The number of likely N-dealkylation sites (N-methyl/N-ethyl adjacent to an activating group) is 1. The molecule has 0 aliphatic heterocycles. The van der Waals surface area contributed by atoms with E-state index < -0.39 is 15.8 Å². The summed E-state index contributed by atoms with van der Waals surface area (Å²) < 4.78 is 43.8. The Labute approximate surface area is 113 Å². The number of rotatable bonds is 8. The van der Waals surface area contributed by atoms with Crippen molar-refractivity contribution < 1.29 is 17.5 Å². The number of ether oxygens (including phenoxy) is 1. The monoisotopic (exact) mass is 290 g/mol. The first-order valence-electron chi connectivity index (χ1n) is 5.88. The summed E-state index contributed by atoms with van der Waals surface area (Å²) in [6, 6.07) is 4.73. The molecular formula is C12H19FN2O3S. The van der Waals surface area contributed by atoms with E-state index in [1.807, 2.05) is 11.9 Å². The maximum absolute atomic E-state index is 12.7. The Morgan fingerprint density at radius 1 is 1.26 bits per heavy atom. The lowest BCUT2D eigenvalue weighted by atomic mass is 10.4. The van der Waals surface area contributed by atoms with Crippen molar-refractivity contribution in [3.05, 3.63) is 30.1 Å². The molecule has 0 heterocycles. The lowest BCUT2D eigenvalue weighted by Crippen LogP contribution is -2.34. The van der Waals surface area contributed by atoms with Gasteiger partial charge in [0.05, 0.1) is 11.5 Å². The average Bonchev–Trinajstić information content (AvgIpc) is 2.36. The zero-order valence-electron chi connectivity index (χ0n) is 11.1. The first-order valence-corrected chi connectivity index (χ1v) is 7.37. The molecule has 5 nitrogen and oxygen atoms in total. The fourth-order valence-corrected chi connectivity index (χ4v) is 2.45. The van der Waals surface area contributed by atoms with Crippen LogP contribution in [0.15, 0.2) is 29.2 Å². The highest BCUT2D eigenvalue weighted by molar-refractivity contribution is 7.89. The van der Waals surface area contributed by atoms with Crippen molar-refractivity contribution in [3.8, 4) is 0 Å². The molecule has 0 amide bonds. The third kappa shape index (κ3) is 5.65. The Bertz CT molecular complexity index is 476. The number of benzene rings is 1. The van der Waals surface area contributed by atoms with Gasteiger partial charge >= 0.3 is 0 Å². The van der Waals surface area contributed by atoms with Gasteiger partial charge in [0.15, 0.2) is 0 Å². The van der Waals surface area contributed by atoms with E-state index in [0.717, 1.165) is 18.7 Å². The van der Waals surface area contributed by atoms with Gasteiger partial charge in [-0.1, -0.05) is 0 Å². The first-order chi connectivity index (χ1) is 8.95. The van der Waals surface area contributed by atoms with E-state index in [-0.39, 0.29) is 4.90 Å². The molecule has 0 aromatic heterocycles. The van der Waals surface area contributed by atoms with Gasteiger partial charge in [0, 0.05) is 26.7 Å². The van der Waals surface area contributed by atoms with E-state index in [1.165, 1.54) is 12.1 Å². The maximum atomic E-state index is 12.7. The summed E-state index contributed by atoms with van der Waals surface area (Å²) >= 11 is 0. The Hall–Kier alpha value is -1.02. The SMILES string of the molecule is COCCN(C)CCNS(=O)(=O)c1ccc(F)cc1. The van der Waals surface area contributed by atoms with Crippen LogP contribution in [0.2, 0.25) is 0 Å². The normalized spacial score (nSPS) is 12.0. The molecule has 1 rings (SSSR count). The van der Waals surface area contributed by atoms with Gasteiger partial charge in [0.2, 0.25) is 10.0 Å². The van der Waals surface area contributed by atoms with E-state index in [0.29, 0.717) is 19.7 Å². The Balaban J connectivity index is 2.45. The second kappa shape index (κ2) is 7.54. The van der Waals surface area contributed by atoms with E-state index in [2.05, 4.69) is 4.72 Å². The van der Waals surface area contributed by atoms with Crippen molar-refractivity contribution in [3.63, 3.8) is 0 Å². The zero-order valence-corrected chi connectivity index (χ0v) is 11.9. The number of methoxy groups -OCH3 is 1. The molecule has 0 saturated heterocycles. The van der Waals surface area contributed by atoms with Crippen molar-refractivity contribution in [1.29, 1.82) is 0 Å². The van der Waals surface area contributed by atoms with Crippen LogP contribution in [-0.2, 0) is 14.8 Å². The number of hydrogen-bond acceptors (Lipinski definition) is 4. The molecule has 7 heteroatoms. The molecule has 0 unspecified atom stereocenters. The third-order valence-corrected chi connectivity index (χ3v) is 4.06. The minimum absolute atomic E-state index is 0.0634. The van der Waals surface area contributed by atoms with Crippen molar-refractivity contribution >= 4 is 10.0 Å². The summed E-state index contributed by atoms with van der Waals surface area (Å²) in [5, 5.41) is 0. The molecule has 0 saturated carbocycles. The molecule has 0 aliphatic carbocycles. The highest BCUT2D eigenvalue weighted by Crippen LogP contribution is 2.09. The summed E-state index contributed by atoms with van der Waals surface area (Å²) in [6.45, 7) is 2.19. The van der Waals surface area contributed by atoms with Crippen LogP contribution in [0.1, 0.15) is 0 Å². The summed E-state index contributed by atoms with van der Waals surface area (Å²) in [5.74, 6) is -0.460. The molecular weight excluding hydrogens is 271 g/mol. The Kier molecular flexibility index (Phi) is 6.36. The molecule has 1 aromatic carbocycles. The second-order valence-electron chi connectivity index (χ2n) is 4.15. The molecule has 0 atom stereocenters. The molecule has 0 radical (unpaired) electrons. The molecule has 1 aromatic rings. The summed E-state index contributed by atoms with van der Waals surface area (Å²) in [4.78, 5) is 2.02. The molecule has 0 fully saturated rings. The lowest BCUT2D eigenvalue weighted by Gasteiger charge is -2.16. The lowest BCUT2D eigenvalue weighted by molar-refractivity contribution is 0.162. The first kappa shape index (κ1) is 16.0. The fraction of sp³-hybridized carbons (Fsp3) is 0.500. The maximum Gasteiger partial charge on any atom is 0.240 e. The molecule has 19 heavy (non-hydrogen) atoms. The molecule has 1 N–H and O–H groups in total. The van der Waals surface area contributed by atoms with Gasteiger partial charge in [0.25, 0.3) is 0 Å². The van der Waals surface area contributed by atoms with E-state index in [4.69, 9.17) is 4.74 Å². The largest absolute Gasteiger partial charge is 0.383 e. The van der Waals surface area contributed by atoms with Crippen LogP contribution in [0.25, 0.3) is 0 Å². The van der Waals surface area contributed by atoms with E-state index >= 15 is 0 Å². The predicted molar refractivity (Wildman–Crippen MR) is 71.0 cm³/mol. The van der Waals surface area contributed by atoms with Crippen LogP contribution >= 0.6 is 0 Å². The highest BCUT2D eigenvalue weighted by Gasteiger charge is 2.13. The fourth-order valence-electron chi connectivity index (χ4n) is 1.43. The average molecular weight is 290 g/mol. The molecule has 0 aliphatic rings. The van der Waals surface area contributed by atoms with Gasteiger partial charge < -0.3 is 9.64 Å². The van der Waals surface area contributed by atoms with Crippen LogP contribution in [0.4, 0.5) is 4.39 Å². The minimum atomic E-state index is -3.57.